The molecule has 0 aromatic heterocycles. The lowest BCUT2D eigenvalue weighted by Gasteiger charge is -2.42. The van der Waals surface area contributed by atoms with Crippen LogP contribution in [-0.2, 0) is 4.74 Å². The van der Waals surface area contributed by atoms with E-state index >= 15 is 0 Å². The molecule has 1 unspecified atom stereocenters. The van der Waals surface area contributed by atoms with Crippen molar-refractivity contribution in [2.24, 2.45) is 0 Å². The topological polar surface area (TPSA) is 24.5 Å². The van der Waals surface area contributed by atoms with Crippen molar-refractivity contribution in [3.8, 4) is 0 Å². The molecular weight excluding hydrogens is 200 g/mol. The predicted molar refractivity (Wildman–Crippen MR) is 68.7 cm³/mol. The van der Waals surface area contributed by atoms with E-state index in [1.165, 1.54) is 5.57 Å². The largest absolute Gasteiger partial charge is 0.370 e. The highest BCUT2D eigenvalue weighted by Gasteiger charge is 2.31. The molecule has 3 nitrogen and oxygen atoms in total. The lowest BCUT2D eigenvalue weighted by Crippen LogP contribution is -2.52. The molecule has 1 N–H and O–H groups in total. The molecule has 94 valence electrons. The third kappa shape index (κ3) is 4.64. The summed E-state index contributed by atoms with van der Waals surface area (Å²) in [6, 6.07) is 0. The van der Waals surface area contributed by atoms with Crippen LogP contribution in [0.4, 0.5) is 0 Å². The number of nitrogens with zero attached hydrogens (tertiary/aromatic N) is 1. The maximum absolute atomic E-state index is 5.88. The number of hydrogen-bond acceptors (Lipinski definition) is 3. The first kappa shape index (κ1) is 13.7. The van der Waals surface area contributed by atoms with E-state index in [9.17, 15) is 0 Å². The Balaban J connectivity index is 2.39. The van der Waals surface area contributed by atoms with E-state index in [4.69, 9.17) is 4.74 Å². The van der Waals surface area contributed by atoms with Gasteiger partial charge in [0, 0.05) is 26.2 Å². The molecular formula is C13H26N2O. The number of morpholine rings is 1. The van der Waals surface area contributed by atoms with Gasteiger partial charge in [0.25, 0.3) is 0 Å². The number of likely N-dealkylation sites (N-methyl/N-ethyl adjacent to an activating group) is 1. The van der Waals surface area contributed by atoms with Gasteiger partial charge in [-0.2, -0.15) is 0 Å². The van der Waals surface area contributed by atoms with Crippen molar-refractivity contribution >= 4 is 0 Å². The van der Waals surface area contributed by atoms with E-state index < -0.39 is 0 Å². The molecule has 0 bridgehead atoms. The van der Waals surface area contributed by atoms with Crippen LogP contribution in [0, 0.1) is 0 Å². The summed E-state index contributed by atoms with van der Waals surface area (Å²) >= 11 is 0. The first-order valence-electron chi connectivity index (χ1n) is 6.20. The fourth-order valence-electron chi connectivity index (χ4n) is 2.38. The van der Waals surface area contributed by atoms with Gasteiger partial charge in [-0.3, -0.25) is 4.90 Å². The van der Waals surface area contributed by atoms with Crippen molar-refractivity contribution < 1.29 is 4.74 Å². The molecule has 0 saturated carbocycles. The lowest BCUT2D eigenvalue weighted by molar-refractivity contribution is -0.126. The molecule has 1 aliphatic heterocycles. The molecule has 0 radical (unpaired) electrons. The Morgan fingerprint density at radius 3 is 2.81 bits per heavy atom. The monoisotopic (exact) mass is 226 g/mol. The van der Waals surface area contributed by atoms with Crippen molar-refractivity contribution in [3.05, 3.63) is 12.2 Å². The third-order valence-corrected chi connectivity index (χ3v) is 2.71. The molecule has 1 rings (SSSR count). The number of rotatable bonds is 5. The van der Waals surface area contributed by atoms with Crippen molar-refractivity contribution in [2.45, 2.75) is 39.4 Å². The van der Waals surface area contributed by atoms with Gasteiger partial charge in [0.1, 0.15) is 0 Å². The Labute approximate surface area is 99.8 Å². The minimum atomic E-state index is -0.0316. The summed E-state index contributed by atoms with van der Waals surface area (Å²) in [6.45, 7) is 17.6. The Bertz CT molecular complexity index is 238. The minimum Gasteiger partial charge on any atom is -0.370 e. The zero-order chi connectivity index (χ0) is 12.2. The smallest absolute Gasteiger partial charge is 0.0757 e. The fourth-order valence-corrected chi connectivity index (χ4v) is 2.38. The second-order valence-corrected chi connectivity index (χ2v) is 5.39. The number of hydrogen-bond donors (Lipinski definition) is 1. The molecule has 0 spiro atoms. The van der Waals surface area contributed by atoms with Gasteiger partial charge in [0.2, 0.25) is 0 Å². The fraction of sp³-hybridized carbons (Fsp3) is 0.846. The van der Waals surface area contributed by atoms with Crippen LogP contribution in [0.15, 0.2) is 12.2 Å². The van der Waals surface area contributed by atoms with Gasteiger partial charge >= 0.3 is 0 Å². The van der Waals surface area contributed by atoms with E-state index in [2.05, 4.69) is 44.5 Å². The van der Waals surface area contributed by atoms with E-state index in [1.54, 1.807) is 0 Å². The van der Waals surface area contributed by atoms with E-state index in [0.717, 1.165) is 32.7 Å². The summed E-state index contributed by atoms with van der Waals surface area (Å²) in [7, 11) is 0. The molecule has 1 saturated heterocycles. The maximum Gasteiger partial charge on any atom is 0.0757 e. The van der Waals surface area contributed by atoms with Crippen LogP contribution >= 0.6 is 0 Å². The van der Waals surface area contributed by atoms with Crippen LogP contribution in [0.3, 0.4) is 0 Å². The molecule has 1 heterocycles. The van der Waals surface area contributed by atoms with Crippen LogP contribution in [0.2, 0.25) is 0 Å². The summed E-state index contributed by atoms with van der Waals surface area (Å²) in [5, 5.41) is 3.31. The predicted octanol–water partition coefficient (Wildman–Crippen LogP) is 1.65. The molecule has 0 amide bonds. The van der Waals surface area contributed by atoms with Gasteiger partial charge in [-0.25, -0.2) is 0 Å². The van der Waals surface area contributed by atoms with Crippen LogP contribution in [0.5, 0.6) is 0 Å². The van der Waals surface area contributed by atoms with Crippen molar-refractivity contribution in [1.29, 1.82) is 0 Å². The molecule has 0 aliphatic carbocycles. The second-order valence-electron chi connectivity index (χ2n) is 5.39. The molecule has 1 atom stereocenters. The van der Waals surface area contributed by atoms with Crippen molar-refractivity contribution in [2.75, 3.05) is 32.7 Å². The van der Waals surface area contributed by atoms with Crippen molar-refractivity contribution in [1.82, 2.24) is 10.2 Å². The van der Waals surface area contributed by atoms with E-state index in [-0.39, 0.29) is 5.60 Å². The normalized spacial score (nSPS) is 25.6. The number of ether oxygens (including phenoxy) is 1. The van der Waals surface area contributed by atoms with E-state index in [1.807, 2.05) is 0 Å². The van der Waals surface area contributed by atoms with Gasteiger partial charge in [0.15, 0.2) is 0 Å². The highest BCUT2D eigenvalue weighted by molar-refractivity contribution is 5.01. The standard InChI is InChI=1S/C13H26N2O/c1-6-14-7-11(2)8-15-9-12(3)16-13(4,5)10-15/h12,14H,2,6-10H2,1,3-5H3. The molecule has 1 aliphatic rings. The summed E-state index contributed by atoms with van der Waals surface area (Å²) < 4.78 is 5.88. The lowest BCUT2D eigenvalue weighted by atomic mass is 10.0. The van der Waals surface area contributed by atoms with Gasteiger partial charge in [0.05, 0.1) is 11.7 Å². The van der Waals surface area contributed by atoms with Crippen molar-refractivity contribution in [3.63, 3.8) is 0 Å². The average molecular weight is 226 g/mol. The Kier molecular flexibility index (Phi) is 4.96. The Hall–Kier alpha value is -0.380. The van der Waals surface area contributed by atoms with Gasteiger partial charge in [-0.15, -0.1) is 0 Å². The van der Waals surface area contributed by atoms with Crippen LogP contribution in [0.1, 0.15) is 27.7 Å². The van der Waals surface area contributed by atoms with Gasteiger partial charge < -0.3 is 10.1 Å². The maximum atomic E-state index is 5.88. The molecule has 16 heavy (non-hydrogen) atoms. The summed E-state index contributed by atoms with van der Waals surface area (Å²) in [4.78, 5) is 2.44. The highest BCUT2D eigenvalue weighted by Crippen LogP contribution is 2.20. The Morgan fingerprint density at radius 2 is 2.25 bits per heavy atom. The van der Waals surface area contributed by atoms with Gasteiger partial charge in [-0.05, 0) is 32.9 Å². The van der Waals surface area contributed by atoms with Gasteiger partial charge in [-0.1, -0.05) is 13.5 Å². The van der Waals surface area contributed by atoms with Crippen LogP contribution in [-0.4, -0.2) is 49.3 Å². The molecule has 1 fully saturated rings. The summed E-state index contributed by atoms with van der Waals surface area (Å²) in [5.74, 6) is 0. The average Bonchev–Trinajstić information content (AvgIpc) is 2.11. The summed E-state index contributed by atoms with van der Waals surface area (Å²) in [6.07, 6.45) is 0.315. The number of nitrogens with one attached hydrogen (secondary N) is 1. The second kappa shape index (κ2) is 5.80. The zero-order valence-corrected chi connectivity index (χ0v) is 11.2. The van der Waals surface area contributed by atoms with Crippen LogP contribution < -0.4 is 5.32 Å². The third-order valence-electron chi connectivity index (χ3n) is 2.71. The van der Waals surface area contributed by atoms with E-state index in [0.29, 0.717) is 6.10 Å². The molecule has 0 aromatic rings. The highest BCUT2D eigenvalue weighted by atomic mass is 16.5. The van der Waals surface area contributed by atoms with Crippen LogP contribution in [0.25, 0.3) is 0 Å². The quantitative estimate of drug-likeness (QED) is 0.721. The molecule has 3 heteroatoms. The minimum absolute atomic E-state index is 0.0316. The molecule has 0 aromatic carbocycles. The SMILES string of the molecule is C=C(CNCC)CN1CC(C)OC(C)(C)C1. The zero-order valence-electron chi connectivity index (χ0n) is 11.2. The first-order valence-corrected chi connectivity index (χ1v) is 6.20. The Morgan fingerprint density at radius 1 is 1.56 bits per heavy atom. The summed E-state index contributed by atoms with van der Waals surface area (Å²) in [5.41, 5.74) is 1.22. The first-order chi connectivity index (χ1) is 7.43.